The van der Waals surface area contributed by atoms with Crippen LogP contribution in [0.25, 0.3) is 6.08 Å². The smallest absolute Gasteiger partial charge is 1.00 e. The van der Waals surface area contributed by atoms with Crippen LogP contribution < -0.4 is 29.6 Å². The van der Waals surface area contributed by atoms with Crippen LogP contribution >= 0.6 is 12.4 Å². The molecule has 1 fully saturated rings. The van der Waals surface area contributed by atoms with Gasteiger partial charge < -0.3 is 6.16 Å². The summed E-state index contributed by atoms with van der Waals surface area (Å²) in [6, 6.07) is 21.1. The van der Waals surface area contributed by atoms with Crippen LogP contribution in [0.1, 0.15) is 25.4 Å². The Bertz CT molecular complexity index is 619. The molecule has 4 heteroatoms. The Morgan fingerprint density at radius 1 is 0.962 bits per heavy atom. The number of ether oxygens (including phenoxy) is 1. The van der Waals surface area contributed by atoms with E-state index in [0.29, 0.717) is 12.5 Å². The van der Waals surface area contributed by atoms with Gasteiger partial charge in [-0.25, -0.2) is 0 Å². The van der Waals surface area contributed by atoms with E-state index in [1.807, 2.05) is 6.07 Å². The summed E-state index contributed by atoms with van der Waals surface area (Å²) in [4.78, 5) is 2.56. The molecule has 1 saturated heterocycles. The molecule has 3 rings (SSSR count). The summed E-state index contributed by atoms with van der Waals surface area (Å²) < 4.78 is 5.84. The van der Waals surface area contributed by atoms with Gasteiger partial charge in [0.1, 0.15) is 0 Å². The van der Waals surface area contributed by atoms with Crippen molar-refractivity contribution >= 4 is 18.5 Å². The Morgan fingerprint density at radius 2 is 1.58 bits per heavy atom. The first-order chi connectivity index (χ1) is 11.9. The third kappa shape index (κ3) is 8.39. The molecule has 0 bridgehead atoms. The Hall–Kier alpha value is -0.610. The molecule has 0 saturated carbocycles. The van der Waals surface area contributed by atoms with Gasteiger partial charge >= 0.3 is 29.6 Å². The maximum Gasteiger partial charge on any atom is 1.00 e. The Labute approximate surface area is 187 Å². The van der Waals surface area contributed by atoms with Crippen LogP contribution in [0.3, 0.4) is 0 Å². The summed E-state index contributed by atoms with van der Waals surface area (Å²) in [5.74, 6) is 0.710. The van der Waals surface area contributed by atoms with E-state index in [-0.39, 0.29) is 43.4 Å². The third-order valence-corrected chi connectivity index (χ3v) is 4.63. The van der Waals surface area contributed by atoms with Gasteiger partial charge in [-0.2, -0.15) is 0 Å². The predicted octanol–water partition coefficient (Wildman–Crippen LogP) is 2.17. The summed E-state index contributed by atoms with van der Waals surface area (Å²) in [6.45, 7) is 5.04. The zero-order valence-electron chi connectivity index (χ0n) is 16.7. The second-order valence-corrected chi connectivity index (χ2v) is 6.56. The largest absolute Gasteiger partial charge is 1.00 e. The van der Waals surface area contributed by atoms with Crippen molar-refractivity contribution in [3.8, 4) is 0 Å². The minimum Gasteiger partial charge on any atom is -1.00 e. The first-order valence-corrected chi connectivity index (χ1v) is 8.96. The summed E-state index contributed by atoms with van der Waals surface area (Å²) in [6.07, 6.45) is 6.73. The first kappa shape index (κ1) is 23.4. The fourth-order valence-corrected chi connectivity index (χ4v) is 3.20. The molecule has 0 aromatic heterocycles. The van der Waals surface area contributed by atoms with Crippen molar-refractivity contribution in [3.63, 3.8) is 0 Å². The summed E-state index contributed by atoms with van der Waals surface area (Å²) in [5, 5.41) is 0. The number of hydrogen-bond donors (Lipinski definition) is 0. The van der Waals surface area contributed by atoms with Crippen molar-refractivity contribution in [2.45, 2.75) is 19.4 Å². The second-order valence-electron chi connectivity index (χ2n) is 6.56. The molecule has 136 valence electrons. The molecule has 1 aliphatic heterocycles. The fourth-order valence-electron chi connectivity index (χ4n) is 3.20. The van der Waals surface area contributed by atoms with Crippen molar-refractivity contribution in [1.82, 2.24) is 4.90 Å². The van der Waals surface area contributed by atoms with Gasteiger partial charge in [0.15, 0.2) is 0 Å². The van der Waals surface area contributed by atoms with E-state index in [0.717, 1.165) is 13.2 Å². The number of nitrogens with zero attached hydrogens (tertiary/aromatic N) is 1. The van der Waals surface area contributed by atoms with Crippen molar-refractivity contribution in [2.75, 3.05) is 26.3 Å². The number of likely N-dealkylation sites (tertiary alicyclic amines) is 1. The number of piperidine rings is 1. The van der Waals surface area contributed by atoms with Crippen molar-refractivity contribution in [3.05, 3.63) is 77.9 Å². The third-order valence-electron chi connectivity index (χ3n) is 4.63. The molecule has 0 atom stereocenters. The maximum absolute atomic E-state index is 5.84. The van der Waals surface area contributed by atoms with Crippen molar-refractivity contribution < 1.29 is 35.7 Å². The van der Waals surface area contributed by atoms with E-state index in [9.17, 15) is 0 Å². The van der Waals surface area contributed by atoms with Gasteiger partial charge in [-0.15, -0.1) is 12.4 Å². The molecule has 26 heavy (non-hydrogen) atoms. The fraction of sp³-hybridized carbons (Fsp3) is 0.364. The zero-order valence-corrected chi connectivity index (χ0v) is 18.5. The van der Waals surface area contributed by atoms with Gasteiger partial charge in [0.25, 0.3) is 0 Å². The van der Waals surface area contributed by atoms with Crippen LogP contribution in [0.4, 0.5) is 0 Å². The van der Waals surface area contributed by atoms with Crippen LogP contribution in [-0.2, 0) is 11.3 Å². The standard InChI is InChI=1S/C22H27NO.ClH.Na.H/c1-3-8-20(9-4-1)12-7-17-24-19-22-13-15-23(16-14-22)18-21-10-5-2-6-11-21;;;/h1-12,22H,13-19H2;1H;;/q;;+1;-1. The van der Waals surface area contributed by atoms with E-state index in [4.69, 9.17) is 4.74 Å². The Morgan fingerprint density at radius 3 is 2.23 bits per heavy atom. The number of benzene rings is 2. The topological polar surface area (TPSA) is 12.5 Å². The number of halogens is 1. The molecular weight excluding hydrogens is 353 g/mol. The Kier molecular flexibility index (Phi) is 12.2. The molecule has 1 aliphatic rings. The maximum atomic E-state index is 5.84. The average Bonchev–Trinajstić information content (AvgIpc) is 2.65. The van der Waals surface area contributed by atoms with E-state index in [1.165, 1.54) is 37.1 Å². The normalized spacial score (nSPS) is 15.4. The van der Waals surface area contributed by atoms with Crippen LogP contribution in [0, 0.1) is 5.92 Å². The molecule has 0 unspecified atom stereocenters. The van der Waals surface area contributed by atoms with Crippen LogP contribution in [0.5, 0.6) is 0 Å². The molecule has 2 nitrogen and oxygen atoms in total. The summed E-state index contributed by atoms with van der Waals surface area (Å²) in [5.41, 5.74) is 2.65. The van der Waals surface area contributed by atoms with E-state index < -0.39 is 0 Å². The monoisotopic (exact) mass is 381 g/mol. The predicted molar refractivity (Wildman–Crippen MR) is 109 cm³/mol. The summed E-state index contributed by atoms with van der Waals surface area (Å²) in [7, 11) is 0. The first-order valence-electron chi connectivity index (χ1n) is 8.96. The molecular formula is C22H29ClNNaO. The molecule has 1 heterocycles. The van der Waals surface area contributed by atoms with Gasteiger partial charge in [0, 0.05) is 13.2 Å². The quantitative estimate of drug-likeness (QED) is 0.538. The van der Waals surface area contributed by atoms with Crippen LogP contribution in [0.15, 0.2) is 66.7 Å². The number of hydrogen-bond acceptors (Lipinski definition) is 2. The molecule has 0 amide bonds. The van der Waals surface area contributed by atoms with E-state index >= 15 is 0 Å². The second kappa shape index (κ2) is 13.5. The molecule has 0 spiro atoms. The molecule has 0 N–H and O–H groups in total. The molecule has 2 aromatic rings. The molecule has 0 aliphatic carbocycles. The number of rotatable bonds is 7. The van der Waals surface area contributed by atoms with E-state index in [2.05, 4.69) is 71.6 Å². The van der Waals surface area contributed by atoms with Gasteiger partial charge in [0.05, 0.1) is 6.61 Å². The average molecular weight is 382 g/mol. The van der Waals surface area contributed by atoms with Crippen molar-refractivity contribution in [1.29, 1.82) is 0 Å². The Balaban J connectivity index is 0.00000225. The molecule has 2 aromatic carbocycles. The van der Waals surface area contributed by atoms with Gasteiger partial charge in [-0.3, -0.25) is 4.90 Å². The molecule has 0 radical (unpaired) electrons. The van der Waals surface area contributed by atoms with E-state index in [1.54, 1.807) is 0 Å². The van der Waals surface area contributed by atoms with Gasteiger partial charge in [-0.05, 0) is 43.0 Å². The zero-order chi connectivity index (χ0) is 16.5. The van der Waals surface area contributed by atoms with Gasteiger partial charge in [-0.1, -0.05) is 72.8 Å². The minimum absolute atomic E-state index is 0. The van der Waals surface area contributed by atoms with Crippen LogP contribution in [0.2, 0.25) is 0 Å². The minimum atomic E-state index is 0. The van der Waals surface area contributed by atoms with Crippen molar-refractivity contribution in [2.24, 2.45) is 5.92 Å². The van der Waals surface area contributed by atoms with Crippen LogP contribution in [-0.4, -0.2) is 31.2 Å². The van der Waals surface area contributed by atoms with Gasteiger partial charge in [0.2, 0.25) is 0 Å². The summed E-state index contributed by atoms with van der Waals surface area (Å²) >= 11 is 0. The SMILES string of the molecule is C(=Cc1ccccc1)COCC1CCN(Cc2ccccc2)CC1.Cl.[H-].[Na+].